The number of likely N-dealkylation sites (N-methyl/N-ethyl adjacent to an activating group) is 1. The summed E-state index contributed by atoms with van der Waals surface area (Å²) >= 11 is 3.81. The molecule has 0 N–H and O–H groups in total. The molecular weight excluding hydrogens is 548 g/mol. The molecule has 0 radical (unpaired) electrons. The maximum atomic E-state index is 11.4. The number of carbonyl (C=O) groups is 1. The largest absolute Gasteiger partial charge is 0.480 e. The van der Waals surface area contributed by atoms with Crippen LogP contribution in [0.15, 0.2) is 40.9 Å². The van der Waals surface area contributed by atoms with E-state index in [2.05, 4.69) is 73.9 Å². The number of carbonyl (C=O) groups excluding carboxylic acids is 1. The van der Waals surface area contributed by atoms with Crippen molar-refractivity contribution in [1.82, 2.24) is 19.8 Å². The number of methoxy groups -OCH3 is 2. The molecule has 8 nitrogen and oxygen atoms in total. The Bertz CT molecular complexity index is 1240. The number of hydrogen-bond donors (Lipinski definition) is 0. The lowest BCUT2D eigenvalue weighted by Gasteiger charge is -2.32. The van der Waals surface area contributed by atoms with Gasteiger partial charge < -0.3 is 24.0 Å². The van der Waals surface area contributed by atoms with Crippen LogP contribution in [0.5, 0.6) is 17.8 Å². The molecule has 0 bridgehead atoms. The lowest BCUT2D eigenvalue weighted by Crippen LogP contribution is -2.44. The Kier molecular flexibility index (Phi) is 9.71. The maximum absolute atomic E-state index is 11.4. The normalized spacial score (nSPS) is 14.3. The molecule has 2 aromatic carbocycles. The van der Waals surface area contributed by atoms with Gasteiger partial charge in [-0.05, 0) is 71.5 Å². The second-order valence-corrected chi connectivity index (χ2v) is 10.3. The average Bonchev–Trinajstić information content (AvgIpc) is 2.94. The number of nitrogens with zero attached hydrogens (tertiary/aromatic N) is 4. The zero-order valence-corrected chi connectivity index (χ0v) is 24.1. The van der Waals surface area contributed by atoms with Crippen LogP contribution in [0, 0.1) is 6.92 Å². The van der Waals surface area contributed by atoms with E-state index in [9.17, 15) is 4.79 Å². The first-order valence-corrected chi connectivity index (χ1v) is 13.6. The molecule has 0 saturated carbocycles. The highest BCUT2D eigenvalue weighted by atomic mass is 79.9. The highest BCUT2D eigenvalue weighted by molar-refractivity contribution is 9.10. The number of halogens is 1. The van der Waals surface area contributed by atoms with E-state index in [1.54, 1.807) is 0 Å². The van der Waals surface area contributed by atoms with Gasteiger partial charge in [0.1, 0.15) is 12.2 Å². The molecule has 2 heterocycles. The standard InChI is InChI=1S/C29H35BrN4O4/c1-20-21(10-7-13-34-16-14-33(2)15-17-34)8-5-11-23(20)24-12-6-9-22(26(24)30)19-38-29-31-27(36-3)25(18-35)28(32-29)37-4/h5-6,8-9,11-12,18H,7,10,13-17,19H2,1-4H3. The lowest BCUT2D eigenvalue weighted by molar-refractivity contribution is 0.111. The fraction of sp³-hybridized carbons (Fsp3) is 0.414. The summed E-state index contributed by atoms with van der Waals surface area (Å²) in [5, 5.41) is 0. The van der Waals surface area contributed by atoms with Crippen LogP contribution in [0.25, 0.3) is 11.1 Å². The van der Waals surface area contributed by atoms with Gasteiger partial charge in [-0.2, -0.15) is 9.97 Å². The minimum atomic E-state index is 0.0696. The number of aldehydes is 1. The summed E-state index contributed by atoms with van der Waals surface area (Å²) in [5.74, 6) is 0.212. The molecule has 1 fully saturated rings. The molecule has 0 atom stereocenters. The molecule has 0 aliphatic carbocycles. The van der Waals surface area contributed by atoms with Crippen molar-refractivity contribution in [2.75, 3.05) is 54.0 Å². The zero-order valence-electron chi connectivity index (χ0n) is 22.5. The molecule has 0 spiro atoms. The van der Waals surface area contributed by atoms with Gasteiger partial charge in [-0.15, -0.1) is 0 Å². The molecular formula is C29H35BrN4O4. The van der Waals surface area contributed by atoms with Crippen molar-refractivity contribution in [2.45, 2.75) is 26.4 Å². The average molecular weight is 584 g/mol. The van der Waals surface area contributed by atoms with Gasteiger partial charge in [-0.1, -0.05) is 36.4 Å². The van der Waals surface area contributed by atoms with Gasteiger partial charge in [0.15, 0.2) is 6.29 Å². The van der Waals surface area contributed by atoms with Crippen LogP contribution in [-0.2, 0) is 13.0 Å². The van der Waals surface area contributed by atoms with Crippen molar-refractivity contribution in [1.29, 1.82) is 0 Å². The van der Waals surface area contributed by atoms with E-state index < -0.39 is 0 Å². The summed E-state index contributed by atoms with van der Waals surface area (Å²) < 4.78 is 17.3. The first-order chi connectivity index (χ1) is 18.4. The van der Waals surface area contributed by atoms with E-state index in [0.717, 1.165) is 61.2 Å². The second-order valence-electron chi connectivity index (χ2n) is 9.46. The van der Waals surface area contributed by atoms with Crippen LogP contribution in [0.2, 0.25) is 0 Å². The lowest BCUT2D eigenvalue weighted by atomic mass is 9.93. The maximum Gasteiger partial charge on any atom is 0.323 e. The fourth-order valence-electron chi connectivity index (χ4n) is 4.74. The summed E-state index contributed by atoms with van der Waals surface area (Å²) in [7, 11) is 5.06. The third kappa shape index (κ3) is 6.51. The smallest absolute Gasteiger partial charge is 0.323 e. The van der Waals surface area contributed by atoms with Crippen LogP contribution < -0.4 is 14.2 Å². The Morgan fingerprint density at radius 3 is 2.21 bits per heavy atom. The van der Waals surface area contributed by atoms with E-state index in [4.69, 9.17) is 14.2 Å². The number of hydrogen-bond acceptors (Lipinski definition) is 8. The van der Waals surface area contributed by atoms with Crippen molar-refractivity contribution in [3.05, 3.63) is 63.1 Å². The molecule has 1 aliphatic heterocycles. The molecule has 0 unspecified atom stereocenters. The van der Waals surface area contributed by atoms with Gasteiger partial charge in [-0.3, -0.25) is 4.79 Å². The van der Waals surface area contributed by atoms with Crippen LogP contribution >= 0.6 is 15.9 Å². The number of rotatable bonds is 11. The van der Waals surface area contributed by atoms with E-state index in [1.165, 1.54) is 30.9 Å². The van der Waals surface area contributed by atoms with Crippen LogP contribution in [-0.4, -0.2) is 80.0 Å². The third-order valence-corrected chi connectivity index (χ3v) is 7.98. The number of aryl methyl sites for hydroxylation is 1. The van der Waals surface area contributed by atoms with E-state index in [0.29, 0.717) is 6.29 Å². The number of piperazine rings is 1. The first kappa shape index (κ1) is 28.0. The second kappa shape index (κ2) is 13.2. The summed E-state index contributed by atoms with van der Waals surface area (Å²) in [6, 6.07) is 12.8. The Morgan fingerprint density at radius 1 is 0.947 bits per heavy atom. The minimum absolute atomic E-state index is 0.0696. The van der Waals surface area contributed by atoms with Crippen LogP contribution in [0.3, 0.4) is 0 Å². The molecule has 1 aliphatic rings. The highest BCUT2D eigenvalue weighted by Crippen LogP contribution is 2.35. The predicted octanol–water partition coefficient (Wildman–Crippen LogP) is 4.80. The minimum Gasteiger partial charge on any atom is -0.480 e. The molecule has 1 saturated heterocycles. The predicted molar refractivity (Wildman–Crippen MR) is 151 cm³/mol. The van der Waals surface area contributed by atoms with Gasteiger partial charge in [0.25, 0.3) is 0 Å². The molecule has 4 rings (SSSR count). The third-order valence-electron chi connectivity index (χ3n) is 7.05. The van der Waals surface area contributed by atoms with Crippen molar-refractivity contribution < 1.29 is 19.0 Å². The van der Waals surface area contributed by atoms with Crippen LogP contribution in [0.4, 0.5) is 0 Å². The molecule has 38 heavy (non-hydrogen) atoms. The molecule has 3 aromatic rings. The fourth-order valence-corrected chi connectivity index (χ4v) is 5.33. The number of ether oxygens (including phenoxy) is 3. The Morgan fingerprint density at radius 2 is 1.58 bits per heavy atom. The molecule has 1 aromatic heterocycles. The monoisotopic (exact) mass is 582 g/mol. The van der Waals surface area contributed by atoms with E-state index >= 15 is 0 Å². The van der Waals surface area contributed by atoms with Gasteiger partial charge in [-0.25, -0.2) is 0 Å². The Balaban J connectivity index is 1.47. The zero-order chi connectivity index (χ0) is 27.1. The van der Waals surface area contributed by atoms with Crippen molar-refractivity contribution in [3.8, 4) is 28.9 Å². The number of benzene rings is 2. The summed E-state index contributed by atoms with van der Waals surface area (Å²) in [6.45, 7) is 8.19. The first-order valence-electron chi connectivity index (χ1n) is 12.8. The van der Waals surface area contributed by atoms with Crippen molar-refractivity contribution >= 4 is 22.2 Å². The van der Waals surface area contributed by atoms with Gasteiger partial charge >= 0.3 is 6.01 Å². The quantitative estimate of drug-likeness (QED) is 0.298. The van der Waals surface area contributed by atoms with Gasteiger partial charge in [0.2, 0.25) is 11.8 Å². The van der Waals surface area contributed by atoms with Gasteiger partial charge in [0, 0.05) is 36.2 Å². The summed E-state index contributed by atoms with van der Waals surface area (Å²) in [4.78, 5) is 24.7. The highest BCUT2D eigenvalue weighted by Gasteiger charge is 2.18. The van der Waals surface area contributed by atoms with Crippen molar-refractivity contribution in [2.24, 2.45) is 0 Å². The summed E-state index contributed by atoms with van der Waals surface area (Å²) in [6.07, 6.45) is 2.81. The molecule has 9 heteroatoms. The van der Waals surface area contributed by atoms with Gasteiger partial charge in [0.05, 0.1) is 14.2 Å². The topological polar surface area (TPSA) is 77.0 Å². The number of aromatic nitrogens is 2. The Hall–Kier alpha value is -3.01. The van der Waals surface area contributed by atoms with E-state index in [-0.39, 0.29) is 29.9 Å². The Labute approximate surface area is 233 Å². The van der Waals surface area contributed by atoms with Crippen LogP contribution in [0.1, 0.15) is 33.5 Å². The molecule has 0 amide bonds. The summed E-state index contributed by atoms with van der Waals surface area (Å²) in [5.41, 5.74) is 6.08. The molecule has 202 valence electrons. The van der Waals surface area contributed by atoms with E-state index in [1.807, 2.05) is 12.1 Å². The van der Waals surface area contributed by atoms with Crippen molar-refractivity contribution in [3.63, 3.8) is 0 Å². The SMILES string of the molecule is COc1nc(OCc2cccc(-c3cccc(CCCN4CCN(C)CC4)c3C)c2Br)nc(OC)c1C=O.